The molecule has 2 aromatic rings. The maximum absolute atomic E-state index is 5.44. The molecule has 1 fully saturated rings. The van der Waals surface area contributed by atoms with Crippen LogP contribution in [0, 0.1) is 11.3 Å². The Balaban J connectivity index is 0.00000256. The predicted octanol–water partition coefficient (Wildman–Crippen LogP) is 5.62. The van der Waals surface area contributed by atoms with E-state index in [1.165, 1.54) is 30.5 Å². The van der Waals surface area contributed by atoms with Crippen molar-refractivity contribution in [2.24, 2.45) is 11.3 Å². The summed E-state index contributed by atoms with van der Waals surface area (Å²) in [6.07, 6.45) is 3.59. The molecule has 6 heteroatoms. The van der Waals surface area contributed by atoms with Crippen LogP contribution < -0.4 is 14.8 Å². The molecular formula is C26H40Cl2N2O2. The van der Waals surface area contributed by atoms with Gasteiger partial charge >= 0.3 is 0 Å². The Morgan fingerprint density at radius 3 is 2.31 bits per heavy atom. The molecule has 1 heterocycles. The number of halogens is 2. The van der Waals surface area contributed by atoms with Crippen LogP contribution in [0.5, 0.6) is 11.5 Å². The zero-order valence-electron chi connectivity index (χ0n) is 20.1. The summed E-state index contributed by atoms with van der Waals surface area (Å²) < 4.78 is 10.8. The molecule has 0 bridgehead atoms. The van der Waals surface area contributed by atoms with Gasteiger partial charge in [-0.15, -0.1) is 24.8 Å². The Hall–Kier alpha value is -1.46. The molecule has 0 aliphatic carbocycles. The van der Waals surface area contributed by atoms with Gasteiger partial charge in [0.2, 0.25) is 0 Å². The van der Waals surface area contributed by atoms with Crippen molar-refractivity contribution in [3.63, 3.8) is 0 Å². The Kier molecular flexibility index (Phi) is 11.9. The minimum Gasteiger partial charge on any atom is -0.493 e. The van der Waals surface area contributed by atoms with Gasteiger partial charge in [0.05, 0.1) is 14.2 Å². The van der Waals surface area contributed by atoms with Crippen molar-refractivity contribution in [3.8, 4) is 11.5 Å². The highest BCUT2D eigenvalue weighted by molar-refractivity contribution is 5.85. The van der Waals surface area contributed by atoms with E-state index in [0.29, 0.717) is 17.4 Å². The summed E-state index contributed by atoms with van der Waals surface area (Å²) in [4.78, 5) is 2.52. The Bertz CT molecular complexity index is 806. The van der Waals surface area contributed by atoms with Crippen LogP contribution >= 0.6 is 24.8 Å². The molecule has 0 amide bonds. The molecule has 1 aliphatic rings. The van der Waals surface area contributed by atoms with Crippen LogP contribution in [0.3, 0.4) is 0 Å². The van der Waals surface area contributed by atoms with Gasteiger partial charge in [0, 0.05) is 19.1 Å². The largest absolute Gasteiger partial charge is 0.493 e. The lowest BCUT2D eigenvalue weighted by molar-refractivity contribution is 0.0132. The first-order valence-corrected chi connectivity index (χ1v) is 11.1. The van der Waals surface area contributed by atoms with Gasteiger partial charge in [-0.25, -0.2) is 0 Å². The van der Waals surface area contributed by atoms with Gasteiger partial charge in [-0.05, 0) is 74.4 Å². The standard InChI is InChI=1S/C26H38N2O2.2ClH/c1-20-19-28(3)21(2)16-26(20,17-22-9-7-6-8-10-22)13-14-27-18-23-11-12-24(29-4)25(15-23)30-5;;/h6-12,15,20-21,27H,13-14,16-19H2,1-5H3;2*1H. The van der Waals surface area contributed by atoms with E-state index in [2.05, 4.69) is 73.6 Å². The maximum Gasteiger partial charge on any atom is 0.161 e. The second-order valence-electron chi connectivity index (χ2n) is 9.03. The van der Waals surface area contributed by atoms with Crippen LogP contribution in [0.4, 0.5) is 0 Å². The summed E-state index contributed by atoms with van der Waals surface area (Å²) in [5.41, 5.74) is 3.01. The number of nitrogens with one attached hydrogen (secondary N) is 1. The van der Waals surface area contributed by atoms with E-state index in [-0.39, 0.29) is 24.8 Å². The van der Waals surface area contributed by atoms with Gasteiger partial charge < -0.3 is 19.7 Å². The molecule has 1 aliphatic heterocycles. The van der Waals surface area contributed by atoms with Gasteiger partial charge in [-0.3, -0.25) is 0 Å². The third-order valence-corrected chi connectivity index (χ3v) is 7.04. The third-order valence-electron chi connectivity index (χ3n) is 7.04. The molecule has 1 N–H and O–H groups in total. The van der Waals surface area contributed by atoms with E-state index < -0.39 is 0 Å². The minimum atomic E-state index is 0. The molecule has 1 saturated heterocycles. The molecule has 3 atom stereocenters. The van der Waals surface area contributed by atoms with E-state index >= 15 is 0 Å². The molecule has 4 nitrogen and oxygen atoms in total. The lowest BCUT2D eigenvalue weighted by Crippen LogP contribution is -2.51. The summed E-state index contributed by atoms with van der Waals surface area (Å²) in [6.45, 7) is 7.85. The Morgan fingerprint density at radius 1 is 0.969 bits per heavy atom. The van der Waals surface area contributed by atoms with Crippen LogP contribution in [0.15, 0.2) is 48.5 Å². The number of piperidine rings is 1. The third kappa shape index (κ3) is 7.02. The van der Waals surface area contributed by atoms with Gasteiger partial charge in [0.25, 0.3) is 0 Å². The van der Waals surface area contributed by atoms with Gasteiger partial charge in [-0.2, -0.15) is 0 Å². The molecule has 3 unspecified atom stereocenters. The normalized spacial score (nSPS) is 23.0. The lowest BCUT2D eigenvalue weighted by atomic mass is 9.63. The quantitative estimate of drug-likeness (QED) is 0.470. The zero-order chi connectivity index (χ0) is 21.6. The Morgan fingerprint density at radius 2 is 1.66 bits per heavy atom. The summed E-state index contributed by atoms with van der Waals surface area (Å²) in [7, 11) is 5.62. The van der Waals surface area contributed by atoms with Crippen molar-refractivity contribution in [2.45, 2.75) is 45.7 Å². The molecule has 32 heavy (non-hydrogen) atoms. The van der Waals surface area contributed by atoms with Crippen molar-refractivity contribution in [1.82, 2.24) is 10.2 Å². The van der Waals surface area contributed by atoms with E-state index in [1.807, 2.05) is 6.07 Å². The van der Waals surface area contributed by atoms with Crippen molar-refractivity contribution < 1.29 is 9.47 Å². The molecule has 180 valence electrons. The number of hydrogen-bond donors (Lipinski definition) is 1. The van der Waals surface area contributed by atoms with Crippen molar-refractivity contribution >= 4 is 24.8 Å². The summed E-state index contributed by atoms with van der Waals surface area (Å²) in [5, 5.41) is 3.68. The SMILES string of the molecule is COc1ccc(CNCCC2(Cc3ccccc3)CC(C)N(C)CC2C)cc1OC.Cl.Cl. The molecule has 2 aromatic carbocycles. The number of methoxy groups -OCH3 is 2. The number of nitrogens with zero attached hydrogens (tertiary/aromatic N) is 1. The van der Waals surface area contributed by atoms with E-state index in [4.69, 9.17) is 9.47 Å². The first kappa shape index (κ1) is 28.6. The second-order valence-corrected chi connectivity index (χ2v) is 9.03. The van der Waals surface area contributed by atoms with Crippen LogP contribution in [-0.2, 0) is 13.0 Å². The fraction of sp³-hybridized carbons (Fsp3) is 0.538. The highest BCUT2D eigenvalue weighted by atomic mass is 35.5. The molecular weight excluding hydrogens is 443 g/mol. The second kappa shape index (κ2) is 13.3. The smallest absolute Gasteiger partial charge is 0.161 e. The topological polar surface area (TPSA) is 33.7 Å². The molecule has 0 radical (unpaired) electrons. The molecule has 0 saturated carbocycles. The van der Waals surface area contributed by atoms with Crippen LogP contribution in [0.2, 0.25) is 0 Å². The van der Waals surface area contributed by atoms with Gasteiger partial charge in [0.1, 0.15) is 0 Å². The minimum absolute atomic E-state index is 0. The highest BCUT2D eigenvalue weighted by Crippen LogP contribution is 2.44. The number of ether oxygens (including phenoxy) is 2. The van der Waals surface area contributed by atoms with Crippen molar-refractivity contribution in [1.29, 1.82) is 0 Å². The number of hydrogen-bond acceptors (Lipinski definition) is 4. The number of likely N-dealkylation sites (tertiary alicyclic amines) is 1. The molecule has 0 spiro atoms. The number of rotatable bonds is 9. The van der Waals surface area contributed by atoms with Gasteiger partial charge in [0.15, 0.2) is 11.5 Å². The first-order chi connectivity index (χ1) is 14.5. The first-order valence-electron chi connectivity index (χ1n) is 11.1. The van der Waals surface area contributed by atoms with Crippen LogP contribution in [0.25, 0.3) is 0 Å². The lowest BCUT2D eigenvalue weighted by Gasteiger charge is -2.49. The molecule has 0 aromatic heterocycles. The van der Waals surface area contributed by atoms with Crippen LogP contribution in [-0.4, -0.2) is 45.3 Å². The maximum atomic E-state index is 5.44. The van der Waals surface area contributed by atoms with Crippen molar-refractivity contribution in [2.75, 3.05) is 34.4 Å². The van der Waals surface area contributed by atoms with Gasteiger partial charge in [-0.1, -0.05) is 43.3 Å². The van der Waals surface area contributed by atoms with E-state index in [9.17, 15) is 0 Å². The molecule has 3 rings (SSSR count). The Labute approximate surface area is 206 Å². The average molecular weight is 484 g/mol. The summed E-state index contributed by atoms with van der Waals surface area (Å²) in [5.74, 6) is 2.23. The summed E-state index contributed by atoms with van der Waals surface area (Å²) >= 11 is 0. The summed E-state index contributed by atoms with van der Waals surface area (Å²) in [6, 6.07) is 17.8. The average Bonchev–Trinajstić information content (AvgIpc) is 2.76. The number of benzene rings is 2. The van der Waals surface area contributed by atoms with Crippen molar-refractivity contribution in [3.05, 3.63) is 59.7 Å². The fourth-order valence-corrected chi connectivity index (χ4v) is 5.00. The fourth-order valence-electron chi connectivity index (χ4n) is 5.00. The highest BCUT2D eigenvalue weighted by Gasteiger charge is 2.42. The van der Waals surface area contributed by atoms with E-state index in [1.54, 1.807) is 14.2 Å². The predicted molar refractivity (Wildman–Crippen MR) is 139 cm³/mol. The zero-order valence-corrected chi connectivity index (χ0v) is 21.7. The monoisotopic (exact) mass is 482 g/mol. The van der Waals surface area contributed by atoms with Crippen LogP contribution in [0.1, 0.15) is 37.8 Å². The van der Waals surface area contributed by atoms with E-state index in [0.717, 1.165) is 31.0 Å².